The van der Waals surface area contributed by atoms with Crippen molar-refractivity contribution in [3.05, 3.63) is 46.4 Å². The number of benzene rings is 2. The molecule has 0 aliphatic rings. The number of carbonyl (C=O) groups is 1. The van der Waals surface area contributed by atoms with Gasteiger partial charge in [0.05, 0.1) is 12.0 Å². The van der Waals surface area contributed by atoms with Gasteiger partial charge in [-0.1, -0.05) is 40.5 Å². The van der Waals surface area contributed by atoms with Crippen LogP contribution in [-0.4, -0.2) is 24.3 Å². The number of hydrogen-bond donors (Lipinski definition) is 0. The Bertz CT molecular complexity index is 874. The average Bonchev–Trinajstić information content (AvgIpc) is 3.00. The molecule has 0 atom stereocenters. The lowest BCUT2D eigenvalue weighted by Gasteiger charge is -2.07. The summed E-state index contributed by atoms with van der Waals surface area (Å²) >= 11 is 12.2. The SMILES string of the molecule is CCOC(=O)COc1ccc2c(-c3ccc(Cl)cc3)noc2c1Cl. The molecule has 0 aliphatic carbocycles. The summed E-state index contributed by atoms with van der Waals surface area (Å²) in [5, 5.41) is 5.71. The minimum absolute atomic E-state index is 0.225. The summed E-state index contributed by atoms with van der Waals surface area (Å²) in [5.74, 6) is -0.135. The zero-order valence-corrected chi connectivity index (χ0v) is 14.2. The first-order valence-corrected chi connectivity index (χ1v) is 7.98. The van der Waals surface area contributed by atoms with Crippen LogP contribution in [0.2, 0.25) is 10.0 Å². The van der Waals surface area contributed by atoms with Gasteiger partial charge in [-0.05, 0) is 31.2 Å². The Balaban J connectivity index is 1.90. The fourth-order valence-corrected chi connectivity index (χ4v) is 2.60. The van der Waals surface area contributed by atoms with Gasteiger partial charge in [0, 0.05) is 10.6 Å². The molecule has 0 radical (unpaired) electrons. The minimum atomic E-state index is -0.465. The lowest BCUT2D eigenvalue weighted by atomic mass is 10.1. The van der Waals surface area contributed by atoms with E-state index in [9.17, 15) is 4.79 Å². The van der Waals surface area contributed by atoms with Crippen LogP contribution in [0, 0.1) is 0 Å². The van der Waals surface area contributed by atoms with Crippen LogP contribution < -0.4 is 4.74 Å². The Morgan fingerprint density at radius 2 is 1.92 bits per heavy atom. The Kier molecular flexibility index (Phi) is 4.92. The molecule has 124 valence electrons. The number of halogens is 2. The Morgan fingerprint density at radius 1 is 1.17 bits per heavy atom. The third-order valence-corrected chi connectivity index (χ3v) is 3.92. The lowest BCUT2D eigenvalue weighted by molar-refractivity contribution is -0.145. The van der Waals surface area contributed by atoms with Crippen LogP contribution in [-0.2, 0) is 9.53 Å². The molecular formula is C17H13Cl2NO4. The number of carbonyl (C=O) groups excluding carboxylic acids is 1. The quantitative estimate of drug-likeness (QED) is 0.610. The number of nitrogens with zero attached hydrogens (tertiary/aromatic N) is 1. The summed E-state index contributed by atoms with van der Waals surface area (Å²) < 4.78 is 15.5. The van der Waals surface area contributed by atoms with Crippen LogP contribution >= 0.6 is 23.2 Å². The van der Waals surface area contributed by atoms with Crippen LogP contribution in [0.5, 0.6) is 5.75 Å². The minimum Gasteiger partial charge on any atom is -0.480 e. The first-order valence-electron chi connectivity index (χ1n) is 7.22. The van der Waals surface area contributed by atoms with Gasteiger partial charge in [0.15, 0.2) is 12.2 Å². The highest BCUT2D eigenvalue weighted by Crippen LogP contribution is 2.37. The van der Waals surface area contributed by atoms with Gasteiger partial charge in [0.2, 0.25) is 0 Å². The van der Waals surface area contributed by atoms with Gasteiger partial charge in [-0.2, -0.15) is 0 Å². The zero-order chi connectivity index (χ0) is 17.1. The molecule has 24 heavy (non-hydrogen) atoms. The van der Waals surface area contributed by atoms with E-state index in [1.165, 1.54) is 0 Å². The largest absolute Gasteiger partial charge is 0.480 e. The second-order valence-electron chi connectivity index (χ2n) is 4.89. The molecule has 2 aromatic carbocycles. The van der Waals surface area contributed by atoms with Crippen molar-refractivity contribution < 1.29 is 18.8 Å². The molecule has 1 heterocycles. The first kappa shape index (κ1) is 16.6. The van der Waals surface area contributed by atoms with Gasteiger partial charge in [-0.3, -0.25) is 0 Å². The third kappa shape index (κ3) is 3.32. The van der Waals surface area contributed by atoms with Crippen molar-refractivity contribution >= 4 is 40.1 Å². The third-order valence-electron chi connectivity index (χ3n) is 3.31. The molecule has 0 saturated carbocycles. The average molecular weight is 366 g/mol. The van der Waals surface area contributed by atoms with Crippen molar-refractivity contribution in [1.82, 2.24) is 5.16 Å². The van der Waals surface area contributed by atoms with E-state index >= 15 is 0 Å². The maximum atomic E-state index is 11.4. The molecule has 0 saturated heterocycles. The van der Waals surface area contributed by atoms with Crippen molar-refractivity contribution in [2.75, 3.05) is 13.2 Å². The summed E-state index contributed by atoms with van der Waals surface area (Å²) in [5.41, 5.74) is 1.90. The maximum Gasteiger partial charge on any atom is 0.344 e. The van der Waals surface area contributed by atoms with Gasteiger partial charge >= 0.3 is 5.97 Å². The van der Waals surface area contributed by atoms with Crippen molar-refractivity contribution in [1.29, 1.82) is 0 Å². The van der Waals surface area contributed by atoms with Gasteiger partial charge in [0.1, 0.15) is 16.5 Å². The Morgan fingerprint density at radius 3 is 2.62 bits per heavy atom. The number of fused-ring (bicyclic) bond motifs is 1. The summed E-state index contributed by atoms with van der Waals surface area (Å²) in [6.45, 7) is 1.79. The summed E-state index contributed by atoms with van der Waals surface area (Å²) in [4.78, 5) is 11.4. The van der Waals surface area contributed by atoms with Crippen molar-refractivity contribution in [2.45, 2.75) is 6.92 Å². The fraction of sp³-hybridized carbons (Fsp3) is 0.176. The molecule has 0 N–H and O–H groups in total. The fourth-order valence-electron chi connectivity index (χ4n) is 2.22. The monoisotopic (exact) mass is 365 g/mol. The number of hydrogen-bond acceptors (Lipinski definition) is 5. The number of esters is 1. The van der Waals surface area contributed by atoms with Crippen LogP contribution in [0.25, 0.3) is 22.2 Å². The van der Waals surface area contributed by atoms with Crippen molar-refractivity contribution in [3.63, 3.8) is 0 Å². The highest BCUT2D eigenvalue weighted by molar-refractivity contribution is 6.36. The summed E-state index contributed by atoms with van der Waals surface area (Å²) in [7, 11) is 0. The Labute approximate surface area is 148 Å². The van der Waals surface area contributed by atoms with E-state index in [4.69, 9.17) is 37.2 Å². The molecule has 0 aliphatic heterocycles. The molecular weight excluding hydrogens is 353 g/mol. The molecule has 0 unspecified atom stereocenters. The number of rotatable bonds is 5. The Hall–Kier alpha value is -2.24. The van der Waals surface area contributed by atoms with Crippen LogP contribution in [0.3, 0.4) is 0 Å². The van der Waals surface area contributed by atoms with E-state index in [-0.39, 0.29) is 11.6 Å². The van der Waals surface area contributed by atoms with E-state index in [1.54, 1.807) is 31.2 Å². The van der Waals surface area contributed by atoms with Gasteiger partial charge in [-0.25, -0.2) is 4.79 Å². The normalized spacial score (nSPS) is 10.8. The first-order chi connectivity index (χ1) is 11.6. The molecule has 0 spiro atoms. The lowest BCUT2D eigenvalue weighted by Crippen LogP contribution is -2.14. The van der Waals surface area contributed by atoms with Crippen molar-refractivity contribution in [2.24, 2.45) is 0 Å². The highest BCUT2D eigenvalue weighted by Gasteiger charge is 2.17. The van der Waals surface area contributed by atoms with Crippen LogP contribution in [0.4, 0.5) is 0 Å². The molecule has 0 amide bonds. The van der Waals surface area contributed by atoms with Gasteiger partial charge < -0.3 is 14.0 Å². The molecule has 3 rings (SSSR count). The van der Waals surface area contributed by atoms with E-state index in [1.807, 2.05) is 12.1 Å². The van der Waals surface area contributed by atoms with Crippen molar-refractivity contribution in [3.8, 4) is 17.0 Å². The van der Waals surface area contributed by atoms with Gasteiger partial charge in [0.25, 0.3) is 0 Å². The molecule has 3 aromatic rings. The highest BCUT2D eigenvalue weighted by atomic mass is 35.5. The maximum absolute atomic E-state index is 11.4. The number of aromatic nitrogens is 1. The smallest absolute Gasteiger partial charge is 0.344 e. The summed E-state index contributed by atoms with van der Waals surface area (Å²) in [6, 6.07) is 10.7. The predicted molar refractivity (Wildman–Crippen MR) is 91.6 cm³/mol. The number of ether oxygens (including phenoxy) is 2. The molecule has 5 nitrogen and oxygen atoms in total. The summed E-state index contributed by atoms with van der Waals surface area (Å²) in [6.07, 6.45) is 0. The van der Waals surface area contributed by atoms with E-state index in [2.05, 4.69) is 5.16 Å². The van der Waals surface area contributed by atoms with E-state index in [0.29, 0.717) is 28.7 Å². The molecule has 0 fully saturated rings. The standard InChI is InChI=1S/C17H13Cl2NO4/c1-2-22-14(21)9-23-13-8-7-12-16(20-24-17(12)15(13)19)10-3-5-11(18)6-4-10/h3-8H,2,9H2,1H3. The molecule has 0 bridgehead atoms. The second-order valence-corrected chi connectivity index (χ2v) is 5.70. The second kappa shape index (κ2) is 7.11. The molecule has 7 heteroatoms. The van der Waals surface area contributed by atoms with E-state index in [0.717, 1.165) is 10.9 Å². The van der Waals surface area contributed by atoms with Crippen LogP contribution in [0.1, 0.15) is 6.92 Å². The van der Waals surface area contributed by atoms with Gasteiger partial charge in [-0.15, -0.1) is 0 Å². The predicted octanol–water partition coefficient (Wildman–Crippen LogP) is 4.74. The van der Waals surface area contributed by atoms with Crippen LogP contribution in [0.15, 0.2) is 40.9 Å². The zero-order valence-electron chi connectivity index (χ0n) is 12.7. The molecule has 1 aromatic heterocycles. The topological polar surface area (TPSA) is 61.6 Å². The van der Waals surface area contributed by atoms with E-state index < -0.39 is 5.97 Å².